The van der Waals surface area contributed by atoms with E-state index in [1.165, 1.54) is 18.1 Å². The Morgan fingerprint density at radius 2 is 1.88 bits per heavy atom. The number of amides is 1. The third-order valence-corrected chi connectivity index (χ3v) is 4.26. The number of ether oxygens (including phenoxy) is 1. The highest BCUT2D eigenvalue weighted by atomic mass is 16.5. The number of hydrogen-bond acceptors (Lipinski definition) is 4. The van der Waals surface area contributed by atoms with Crippen LogP contribution in [0, 0.1) is 0 Å². The number of carboxylic acid groups (broad SMARTS) is 1. The molecule has 1 amide bonds. The first kappa shape index (κ1) is 18.0. The second-order valence-electron chi connectivity index (χ2n) is 6.10. The zero-order valence-electron chi connectivity index (χ0n) is 14.1. The highest BCUT2D eigenvalue weighted by molar-refractivity contribution is 6.07. The molecule has 0 bridgehead atoms. The Morgan fingerprint density at radius 1 is 1.21 bits per heavy atom. The molecule has 24 heavy (non-hydrogen) atoms. The number of benzene rings is 1. The van der Waals surface area contributed by atoms with Crippen molar-refractivity contribution in [3.8, 4) is 0 Å². The molecule has 0 saturated carbocycles. The smallest absolute Gasteiger partial charge is 0.344 e. The Morgan fingerprint density at radius 3 is 2.46 bits per heavy atom. The van der Waals surface area contributed by atoms with Crippen molar-refractivity contribution in [2.45, 2.75) is 51.5 Å². The molecule has 1 unspecified atom stereocenters. The zero-order chi connectivity index (χ0) is 17.7. The van der Waals surface area contributed by atoms with Crippen LogP contribution in [-0.2, 0) is 38.4 Å². The number of aliphatic carboxylic acids is 1. The molecule has 1 aliphatic carbocycles. The van der Waals surface area contributed by atoms with Crippen LogP contribution in [0.15, 0.2) is 18.2 Å². The van der Waals surface area contributed by atoms with Crippen molar-refractivity contribution in [2.75, 3.05) is 6.61 Å². The van der Waals surface area contributed by atoms with Crippen molar-refractivity contribution in [3.05, 3.63) is 34.9 Å². The van der Waals surface area contributed by atoms with Crippen LogP contribution in [-0.4, -0.2) is 35.1 Å². The fraction of sp³-hybridized carbons (Fsp3) is 0.500. The fourth-order valence-electron chi connectivity index (χ4n) is 3.14. The number of carboxylic acids is 1. The lowest BCUT2D eigenvalue weighted by Gasteiger charge is -2.28. The summed E-state index contributed by atoms with van der Waals surface area (Å²) in [6.45, 7) is 2.82. The molecule has 6 nitrogen and oxygen atoms in total. The maximum atomic E-state index is 12.3. The summed E-state index contributed by atoms with van der Waals surface area (Å²) >= 11 is 0. The van der Waals surface area contributed by atoms with Gasteiger partial charge in [-0.3, -0.25) is 4.79 Å². The van der Waals surface area contributed by atoms with Crippen molar-refractivity contribution < 1.29 is 24.2 Å². The van der Waals surface area contributed by atoms with Gasteiger partial charge in [0.05, 0.1) is 6.61 Å². The summed E-state index contributed by atoms with van der Waals surface area (Å²) in [7, 11) is 0. The van der Waals surface area contributed by atoms with E-state index in [1.54, 1.807) is 6.92 Å². The van der Waals surface area contributed by atoms with E-state index in [-0.39, 0.29) is 13.0 Å². The van der Waals surface area contributed by atoms with Crippen molar-refractivity contribution in [1.29, 1.82) is 0 Å². The van der Waals surface area contributed by atoms with Gasteiger partial charge in [-0.15, -0.1) is 0 Å². The predicted molar refractivity (Wildman–Crippen MR) is 87.6 cm³/mol. The minimum atomic E-state index is -2.11. The molecule has 6 heteroatoms. The Balaban J connectivity index is 2.38. The first-order chi connectivity index (χ1) is 11.4. The summed E-state index contributed by atoms with van der Waals surface area (Å²) in [6, 6.07) is 5.74. The lowest BCUT2D eigenvalue weighted by Crippen LogP contribution is -2.61. The Kier molecular flexibility index (Phi) is 5.59. The summed E-state index contributed by atoms with van der Waals surface area (Å²) < 4.78 is 4.92. The highest BCUT2D eigenvalue weighted by Gasteiger charge is 2.49. The van der Waals surface area contributed by atoms with E-state index in [9.17, 15) is 19.5 Å². The molecule has 130 valence electrons. The average Bonchev–Trinajstić information content (AvgIpc) is 2.53. The minimum absolute atomic E-state index is 0.0393. The first-order valence-electron chi connectivity index (χ1n) is 8.19. The number of carbonyl (C=O) groups excluding carboxylic acids is 2. The molecule has 0 saturated heterocycles. The molecule has 0 spiro atoms. The number of aryl methyl sites for hydroxylation is 2. The van der Waals surface area contributed by atoms with Crippen molar-refractivity contribution in [3.63, 3.8) is 0 Å². The highest BCUT2D eigenvalue weighted by Crippen LogP contribution is 2.25. The molecule has 2 N–H and O–H groups in total. The van der Waals surface area contributed by atoms with Crippen molar-refractivity contribution in [1.82, 2.24) is 5.32 Å². The third kappa shape index (κ3) is 3.75. The summed E-state index contributed by atoms with van der Waals surface area (Å²) in [5.41, 5.74) is 1.04. The van der Waals surface area contributed by atoms with Crippen LogP contribution < -0.4 is 5.32 Å². The second kappa shape index (κ2) is 7.47. The number of rotatable bonds is 6. The quantitative estimate of drug-likeness (QED) is 0.610. The lowest BCUT2D eigenvalue weighted by molar-refractivity contribution is -0.164. The minimum Gasteiger partial charge on any atom is -0.479 e. The average molecular weight is 333 g/mol. The zero-order valence-corrected chi connectivity index (χ0v) is 14.1. The van der Waals surface area contributed by atoms with Crippen LogP contribution in [0.25, 0.3) is 0 Å². The van der Waals surface area contributed by atoms with E-state index >= 15 is 0 Å². The van der Waals surface area contributed by atoms with Crippen LogP contribution >= 0.6 is 0 Å². The van der Waals surface area contributed by atoms with E-state index in [2.05, 4.69) is 5.32 Å². The van der Waals surface area contributed by atoms with Gasteiger partial charge in [-0.25, -0.2) is 9.59 Å². The topological polar surface area (TPSA) is 92.7 Å². The SMILES string of the molecule is CCOC(=O)C(Cc1ccc2c(c1)CCCC2)(NC(C)=O)C(=O)O. The molecule has 0 radical (unpaired) electrons. The van der Waals surface area contributed by atoms with E-state index in [0.717, 1.165) is 25.7 Å². The number of hydrogen-bond donors (Lipinski definition) is 2. The van der Waals surface area contributed by atoms with E-state index in [1.807, 2.05) is 18.2 Å². The van der Waals surface area contributed by atoms with Gasteiger partial charge in [0.2, 0.25) is 11.4 Å². The maximum Gasteiger partial charge on any atom is 0.344 e. The fourth-order valence-corrected chi connectivity index (χ4v) is 3.14. The van der Waals surface area contributed by atoms with E-state index < -0.39 is 23.4 Å². The van der Waals surface area contributed by atoms with Crippen LogP contribution in [0.5, 0.6) is 0 Å². The molecule has 1 aromatic carbocycles. The van der Waals surface area contributed by atoms with Gasteiger partial charge >= 0.3 is 11.9 Å². The Bertz CT molecular complexity index is 655. The van der Waals surface area contributed by atoms with Gasteiger partial charge in [-0.2, -0.15) is 0 Å². The molecule has 0 aromatic heterocycles. The Labute approximate surface area is 141 Å². The van der Waals surface area contributed by atoms with Gasteiger partial charge in [-0.05, 0) is 49.3 Å². The normalized spacial score (nSPS) is 15.8. The summed E-state index contributed by atoms with van der Waals surface area (Å²) in [4.78, 5) is 35.7. The molecule has 1 aliphatic rings. The van der Waals surface area contributed by atoms with Crippen LogP contribution in [0.3, 0.4) is 0 Å². The molecule has 2 rings (SSSR count). The van der Waals surface area contributed by atoms with Gasteiger partial charge in [0.25, 0.3) is 0 Å². The van der Waals surface area contributed by atoms with Crippen LogP contribution in [0.4, 0.5) is 0 Å². The third-order valence-electron chi connectivity index (χ3n) is 4.26. The summed E-state index contributed by atoms with van der Waals surface area (Å²) in [5, 5.41) is 11.9. The Hall–Kier alpha value is -2.37. The van der Waals surface area contributed by atoms with Gasteiger partial charge in [0.1, 0.15) is 0 Å². The number of esters is 1. The van der Waals surface area contributed by atoms with Crippen LogP contribution in [0.1, 0.15) is 43.4 Å². The van der Waals surface area contributed by atoms with Crippen molar-refractivity contribution in [2.24, 2.45) is 0 Å². The van der Waals surface area contributed by atoms with E-state index in [0.29, 0.717) is 5.56 Å². The molecule has 0 aliphatic heterocycles. The van der Waals surface area contributed by atoms with Gasteiger partial charge in [0.15, 0.2) is 0 Å². The van der Waals surface area contributed by atoms with E-state index in [4.69, 9.17) is 4.74 Å². The molecule has 1 aromatic rings. The number of carbonyl (C=O) groups is 3. The largest absolute Gasteiger partial charge is 0.479 e. The van der Waals surface area contributed by atoms with Crippen molar-refractivity contribution >= 4 is 17.8 Å². The predicted octanol–water partition coefficient (Wildman–Crippen LogP) is 1.63. The summed E-state index contributed by atoms with van der Waals surface area (Å²) in [5.74, 6) is -2.97. The molecular formula is C18H23NO5. The molecule has 0 heterocycles. The molecular weight excluding hydrogens is 310 g/mol. The van der Waals surface area contributed by atoms with Gasteiger partial charge in [0, 0.05) is 13.3 Å². The lowest BCUT2D eigenvalue weighted by atomic mass is 9.85. The molecule has 1 atom stereocenters. The summed E-state index contributed by atoms with van der Waals surface area (Å²) in [6.07, 6.45) is 4.07. The standard InChI is InChI=1S/C18H23NO5/c1-3-24-17(23)18(16(21)22,19-12(2)20)11-13-8-9-14-6-4-5-7-15(14)10-13/h8-10H,3-7,11H2,1-2H3,(H,19,20)(H,21,22). The van der Waals surface area contributed by atoms with Gasteiger partial charge < -0.3 is 15.2 Å². The monoisotopic (exact) mass is 333 g/mol. The number of fused-ring (bicyclic) bond motifs is 1. The molecule has 0 fully saturated rings. The van der Waals surface area contributed by atoms with Crippen LogP contribution in [0.2, 0.25) is 0 Å². The van der Waals surface area contributed by atoms with Gasteiger partial charge in [-0.1, -0.05) is 18.2 Å². The first-order valence-corrected chi connectivity index (χ1v) is 8.19. The maximum absolute atomic E-state index is 12.3. The second-order valence-corrected chi connectivity index (χ2v) is 6.10. The number of nitrogens with one attached hydrogen (secondary N) is 1.